The Morgan fingerprint density at radius 1 is 1.22 bits per heavy atom. The van der Waals surface area contributed by atoms with Crippen molar-refractivity contribution in [3.63, 3.8) is 0 Å². The van der Waals surface area contributed by atoms with Gasteiger partial charge in [0.05, 0.1) is 24.2 Å². The van der Waals surface area contributed by atoms with E-state index in [1.165, 1.54) is 10.5 Å². The standard InChI is InChI=1S/C15H22O2S/c1-11(2)18-13-7-5-12(6-8-13)15(9-17-10-15)14(3,4)16/h5-8,11,16H,9-10H2,1-4H3. The molecule has 100 valence electrons. The predicted molar refractivity (Wildman–Crippen MR) is 76.2 cm³/mol. The topological polar surface area (TPSA) is 29.5 Å². The molecule has 0 spiro atoms. The van der Waals surface area contributed by atoms with E-state index in [-0.39, 0.29) is 5.41 Å². The highest BCUT2D eigenvalue weighted by Gasteiger charge is 2.51. The average molecular weight is 266 g/mol. The van der Waals surface area contributed by atoms with Gasteiger partial charge in [-0.3, -0.25) is 0 Å². The molecule has 1 heterocycles. The highest BCUT2D eigenvalue weighted by atomic mass is 32.2. The van der Waals surface area contributed by atoms with E-state index in [1.54, 1.807) is 0 Å². The third-order valence-corrected chi connectivity index (χ3v) is 4.66. The summed E-state index contributed by atoms with van der Waals surface area (Å²) in [4.78, 5) is 1.28. The lowest BCUT2D eigenvalue weighted by molar-refractivity contribution is -0.157. The highest BCUT2D eigenvalue weighted by molar-refractivity contribution is 7.99. The maximum atomic E-state index is 10.4. The molecule has 0 atom stereocenters. The Morgan fingerprint density at radius 2 is 1.78 bits per heavy atom. The second-order valence-electron chi connectivity index (χ2n) is 5.82. The van der Waals surface area contributed by atoms with Crippen molar-refractivity contribution in [2.75, 3.05) is 13.2 Å². The highest BCUT2D eigenvalue weighted by Crippen LogP contribution is 2.42. The fourth-order valence-electron chi connectivity index (χ4n) is 2.30. The van der Waals surface area contributed by atoms with E-state index in [1.807, 2.05) is 25.6 Å². The number of ether oxygens (including phenoxy) is 1. The number of benzene rings is 1. The number of aliphatic hydroxyl groups is 1. The molecule has 1 fully saturated rings. The number of rotatable bonds is 4. The van der Waals surface area contributed by atoms with Crippen molar-refractivity contribution in [2.24, 2.45) is 0 Å². The minimum absolute atomic E-state index is 0.242. The van der Waals surface area contributed by atoms with Crippen LogP contribution in [0.25, 0.3) is 0 Å². The van der Waals surface area contributed by atoms with E-state index in [2.05, 4.69) is 38.1 Å². The summed E-state index contributed by atoms with van der Waals surface area (Å²) in [6, 6.07) is 8.55. The summed E-state index contributed by atoms with van der Waals surface area (Å²) in [5, 5.41) is 11.0. The SMILES string of the molecule is CC(C)Sc1ccc(C2(C(C)(C)O)COC2)cc1. The Hall–Kier alpha value is -0.510. The van der Waals surface area contributed by atoms with Crippen LogP contribution in [0.4, 0.5) is 0 Å². The first-order valence-corrected chi connectivity index (χ1v) is 7.30. The van der Waals surface area contributed by atoms with Gasteiger partial charge in [0, 0.05) is 10.1 Å². The van der Waals surface area contributed by atoms with Crippen molar-refractivity contribution in [1.82, 2.24) is 0 Å². The molecule has 2 nitrogen and oxygen atoms in total. The van der Waals surface area contributed by atoms with E-state index < -0.39 is 5.60 Å². The van der Waals surface area contributed by atoms with Gasteiger partial charge in [-0.15, -0.1) is 11.8 Å². The molecule has 2 rings (SSSR count). The van der Waals surface area contributed by atoms with E-state index in [9.17, 15) is 5.11 Å². The minimum atomic E-state index is -0.752. The molecule has 0 saturated carbocycles. The van der Waals surface area contributed by atoms with Crippen LogP contribution >= 0.6 is 11.8 Å². The Bertz CT molecular complexity index is 399. The van der Waals surface area contributed by atoms with Crippen molar-refractivity contribution < 1.29 is 9.84 Å². The lowest BCUT2D eigenvalue weighted by atomic mass is 9.67. The Balaban J connectivity index is 2.23. The monoisotopic (exact) mass is 266 g/mol. The molecule has 0 radical (unpaired) electrons. The molecule has 0 amide bonds. The molecule has 0 bridgehead atoms. The molecule has 1 saturated heterocycles. The quantitative estimate of drug-likeness (QED) is 0.849. The van der Waals surface area contributed by atoms with Crippen molar-refractivity contribution in [3.8, 4) is 0 Å². The maximum Gasteiger partial charge on any atom is 0.0732 e. The molecule has 1 aliphatic heterocycles. The van der Waals surface area contributed by atoms with Crippen LogP contribution in [-0.2, 0) is 10.2 Å². The molecule has 0 aliphatic carbocycles. The van der Waals surface area contributed by atoms with Crippen LogP contribution in [-0.4, -0.2) is 29.2 Å². The molecule has 1 aromatic carbocycles. The smallest absolute Gasteiger partial charge is 0.0732 e. The number of hydrogen-bond donors (Lipinski definition) is 1. The summed E-state index contributed by atoms with van der Waals surface area (Å²) in [5.74, 6) is 0. The first-order chi connectivity index (χ1) is 8.35. The Morgan fingerprint density at radius 3 is 2.11 bits per heavy atom. The molecular weight excluding hydrogens is 244 g/mol. The number of hydrogen-bond acceptors (Lipinski definition) is 3. The van der Waals surface area contributed by atoms with Crippen LogP contribution in [0, 0.1) is 0 Å². The summed E-state index contributed by atoms with van der Waals surface area (Å²) in [6.45, 7) is 9.33. The van der Waals surface area contributed by atoms with Crippen LogP contribution in [0.15, 0.2) is 29.2 Å². The molecule has 0 unspecified atom stereocenters. The first kappa shape index (κ1) is 13.9. The van der Waals surface area contributed by atoms with Crippen LogP contribution in [0.5, 0.6) is 0 Å². The third kappa shape index (κ3) is 2.44. The van der Waals surface area contributed by atoms with Crippen LogP contribution in [0.3, 0.4) is 0 Å². The predicted octanol–water partition coefficient (Wildman–Crippen LogP) is 3.23. The molecule has 1 aromatic rings. The van der Waals surface area contributed by atoms with Gasteiger partial charge in [0.2, 0.25) is 0 Å². The summed E-state index contributed by atoms with van der Waals surface area (Å²) in [6.07, 6.45) is 0. The number of thioether (sulfide) groups is 1. The van der Waals surface area contributed by atoms with Gasteiger partial charge in [0.15, 0.2) is 0 Å². The van der Waals surface area contributed by atoms with Gasteiger partial charge in [0.25, 0.3) is 0 Å². The summed E-state index contributed by atoms with van der Waals surface area (Å²) < 4.78 is 5.35. The molecule has 0 aromatic heterocycles. The van der Waals surface area contributed by atoms with Gasteiger partial charge in [0.1, 0.15) is 0 Å². The molecular formula is C15H22O2S. The first-order valence-electron chi connectivity index (χ1n) is 6.42. The zero-order chi connectivity index (χ0) is 13.4. The van der Waals surface area contributed by atoms with Gasteiger partial charge in [-0.2, -0.15) is 0 Å². The lowest BCUT2D eigenvalue weighted by Crippen LogP contribution is -2.60. The summed E-state index contributed by atoms with van der Waals surface area (Å²) >= 11 is 1.86. The molecule has 3 heteroatoms. The second-order valence-corrected chi connectivity index (χ2v) is 7.47. The molecule has 1 aliphatic rings. The fourth-order valence-corrected chi connectivity index (χ4v) is 3.14. The van der Waals surface area contributed by atoms with Gasteiger partial charge < -0.3 is 9.84 Å². The largest absolute Gasteiger partial charge is 0.389 e. The van der Waals surface area contributed by atoms with E-state index >= 15 is 0 Å². The Labute approximate surface area is 114 Å². The van der Waals surface area contributed by atoms with Gasteiger partial charge in [-0.25, -0.2) is 0 Å². The summed E-state index contributed by atoms with van der Waals surface area (Å²) in [7, 11) is 0. The van der Waals surface area contributed by atoms with E-state index in [4.69, 9.17) is 4.74 Å². The van der Waals surface area contributed by atoms with Crippen molar-refractivity contribution in [1.29, 1.82) is 0 Å². The fraction of sp³-hybridized carbons (Fsp3) is 0.600. The zero-order valence-corrected chi connectivity index (χ0v) is 12.4. The maximum absolute atomic E-state index is 10.4. The van der Waals surface area contributed by atoms with E-state index in [0.29, 0.717) is 18.5 Å². The van der Waals surface area contributed by atoms with Crippen molar-refractivity contribution >= 4 is 11.8 Å². The average Bonchev–Trinajstić information content (AvgIpc) is 2.15. The van der Waals surface area contributed by atoms with Gasteiger partial charge in [-0.05, 0) is 31.5 Å². The van der Waals surface area contributed by atoms with Gasteiger partial charge >= 0.3 is 0 Å². The van der Waals surface area contributed by atoms with Crippen LogP contribution < -0.4 is 0 Å². The van der Waals surface area contributed by atoms with Crippen LogP contribution in [0.2, 0.25) is 0 Å². The van der Waals surface area contributed by atoms with Crippen molar-refractivity contribution in [3.05, 3.63) is 29.8 Å². The zero-order valence-electron chi connectivity index (χ0n) is 11.6. The lowest BCUT2D eigenvalue weighted by Gasteiger charge is -2.50. The van der Waals surface area contributed by atoms with Crippen molar-refractivity contribution in [2.45, 2.75) is 48.9 Å². The minimum Gasteiger partial charge on any atom is -0.389 e. The second kappa shape index (κ2) is 4.87. The third-order valence-electron chi connectivity index (χ3n) is 3.65. The van der Waals surface area contributed by atoms with Gasteiger partial charge in [-0.1, -0.05) is 26.0 Å². The summed E-state index contributed by atoms with van der Waals surface area (Å²) in [5.41, 5.74) is 0.181. The van der Waals surface area contributed by atoms with E-state index in [0.717, 1.165) is 0 Å². The molecule has 1 N–H and O–H groups in total. The van der Waals surface area contributed by atoms with Crippen LogP contribution in [0.1, 0.15) is 33.3 Å². The Kier molecular flexibility index (Phi) is 3.77. The normalized spacial score (nSPS) is 18.8. The molecule has 18 heavy (non-hydrogen) atoms.